The third kappa shape index (κ3) is 4.23. The molecule has 0 aliphatic rings. The SMILES string of the molecule is CCC(C(=O)O)[S+](C)[O-].[LiH]. The second kappa shape index (κ2) is 6.11. The predicted octanol–water partition coefficient (Wildman–Crippen LogP) is -0.420. The van der Waals surface area contributed by atoms with Crippen LogP contribution < -0.4 is 0 Å². The van der Waals surface area contributed by atoms with Crippen LogP contribution in [0, 0.1) is 0 Å². The maximum atomic E-state index is 10.5. The zero-order valence-electron chi connectivity index (χ0n) is 5.46. The van der Waals surface area contributed by atoms with Gasteiger partial charge in [0.25, 0.3) is 0 Å². The van der Waals surface area contributed by atoms with Crippen molar-refractivity contribution in [2.75, 3.05) is 6.26 Å². The van der Waals surface area contributed by atoms with Gasteiger partial charge in [-0.1, -0.05) is 6.92 Å². The molecule has 0 rings (SSSR count). The van der Waals surface area contributed by atoms with Crippen LogP contribution in [0.25, 0.3) is 0 Å². The van der Waals surface area contributed by atoms with Crippen LogP contribution in [0.15, 0.2) is 0 Å². The van der Waals surface area contributed by atoms with Crippen molar-refractivity contribution in [3.05, 3.63) is 0 Å². The van der Waals surface area contributed by atoms with E-state index in [1.54, 1.807) is 6.92 Å². The maximum absolute atomic E-state index is 10.5. The summed E-state index contributed by atoms with van der Waals surface area (Å²) in [5.41, 5.74) is 0. The van der Waals surface area contributed by atoms with Gasteiger partial charge in [-0.25, -0.2) is 4.79 Å². The van der Waals surface area contributed by atoms with Gasteiger partial charge in [0.15, 0.2) is 0 Å². The molecule has 2 atom stereocenters. The Balaban J connectivity index is 0. The van der Waals surface area contributed by atoms with Crippen molar-refractivity contribution in [2.24, 2.45) is 0 Å². The molecule has 0 aliphatic carbocycles. The number of hydrogen-bond acceptors (Lipinski definition) is 2. The summed E-state index contributed by atoms with van der Waals surface area (Å²) in [7, 11) is 0. The summed E-state index contributed by atoms with van der Waals surface area (Å²) in [6.07, 6.45) is 1.83. The fourth-order valence-corrected chi connectivity index (χ4v) is 1.30. The van der Waals surface area contributed by atoms with E-state index in [2.05, 4.69) is 0 Å². The summed E-state index contributed by atoms with van der Waals surface area (Å²) in [5, 5.41) is 7.66. The van der Waals surface area contributed by atoms with Gasteiger partial charge in [0.2, 0.25) is 5.25 Å². The van der Waals surface area contributed by atoms with E-state index in [0.29, 0.717) is 6.42 Å². The van der Waals surface area contributed by atoms with Gasteiger partial charge in [0.1, 0.15) is 0 Å². The number of hydrogen-bond donors (Lipinski definition) is 1. The van der Waals surface area contributed by atoms with Crippen LogP contribution in [0.5, 0.6) is 0 Å². The number of aliphatic carboxylic acids is 1. The van der Waals surface area contributed by atoms with Gasteiger partial charge in [-0.05, 0) is 11.2 Å². The van der Waals surface area contributed by atoms with Gasteiger partial charge in [0.05, 0.1) is 6.26 Å². The number of carboxylic acids is 1. The van der Waals surface area contributed by atoms with Crippen molar-refractivity contribution in [2.45, 2.75) is 18.6 Å². The Morgan fingerprint density at radius 1 is 1.80 bits per heavy atom. The van der Waals surface area contributed by atoms with Gasteiger partial charge in [-0.15, -0.1) is 0 Å². The first-order chi connectivity index (χ1) is 4.09. The minimum atomic E-state index is -1.23. The molecule has 0 aliphatic heterocycles. The van der Waals surface area contributed by atoms with Crippen molar-refractivity contribution in [3.63, 3.8) is 0 Å². The summed E-state index contributed by atoms with van der Waals surface area (Å²) in [6.45, 7) is 1.71. The first-order valence-corrected chi connectivity index (χ1v) is 4.26. The van der Waals surface area contributed by atoms with E-state index in [1.807, 2.05) is 0 Å². The van der Waals surface area contributed by atoms with Crippen molar-refractivity contribution in [3.8, 4) is 0 Å². The zero-order valence-corrected chi connectivity index (χ0v) is 6.27. The Labute approximate surface area is 75.5 Å². The summed E-state index contributed by atoms with van der Waals surface area (Å²) in [5.74, 6) is -0.974. The molecule has 5 heteroatoms. The van der Waals surface area contributed by atoms with Crippen LogP contribution in [-0.2, 0) is 16.0 Å². The summed E-state index contributed by atoms with van der Waals surface area (Å²) in [6, 6.07) is 0. The molecule has 0 heterocycles. The molecule has 0 amide bonds. The molecule has 2 unspecified atom stereocenters. The topological polar surface area (TPSA) is 60.4 Å². The number of carboxylic acid groups (broad SMARTS) is 1. The van der Waals surface area contributed by atoms with Crippen LogP contribution in [0.4, 0.5) is 0 Å². The van der Waals surface area contributed by atoms with Crippen molar-refractivity contribution in [1.29, 1.82) is 0 Å². The fraction of sp³-hybridized carbons (Fsp3) is 0.800. The average molecular weight is 158 g/mol. The van der Waals surface area contributed by atoms with E-state index in [-0.39, 0.29) is 18.9 Å². The first-order valence-electron chi connectivity index (χ1n) is 2.64. The third-order valence-electron chi connectivity index (χ3n) is 1.05. The van der Waals surface area contributed by atoms with Crippen LogP contribution in [0.3, 0.4) is 0 Å². The molecule has 0 radical (unpaired) electrons. The molecule has 0 fully saturated rings. The van der Waals surface area contributed by atoms with Crippen LogP contribution in [-0.4, -0.2) is 46.0 Å². The second-order valence-corrected chi connectivity index (χ2v) is 3.30. The Morgan fingerprint density at radius 3 is 2.20 bits per heavy atom. The molecule has 0 saturated carbocycles. The van der Waals surface area contributed by atoms with Crippen LogP contribution >= 0.6 is 0 Å². The summed E-state index contributed by atoms with van der Waals surface area (Å²) in [4.78, 5) is 10.2. The Bertz CT molecular complexity index is 107. The Kier molecular flexibility index (Phi) is 7.95. The molecular weight excluding hydrogens is 147 g/mol. The fourth-order valence-electron chi connectivity index (χ4n) is 0.551. The normalized spacial score (nSPS) is 15.1. The average Bonchev–Trinajstić information content (AvgIpc) is 1.64. The molecule has 3 nitrogen and oxygen atoms in total. The molecule has 0 bridgehead atoms. The van der Waals surface area contributed by atoms with Crippen LogP contribution in [0.1, 0.15) is 13.3 Å². The molecule has 0 aromatic carbocycles. The molecule has 0 aromatic heterocycles. The number of carbonyl (C=O) groups is 1. The second-order valence-electron chi connectivity index (χ2n) is 1.73. The first kappa shape index (κ1) is 13.0. The minimum absolute atomic E-state index is 0. The van der Waals surface area contributed by atoms with Gasteiger partial charge in [0, 0.05) is 6.42 Å². The predicted molar refractivity (Wildman–Crippen MR) is 42.9 cm³/mol. The Hall–Kier alpha value is 0.377. The van der Waals surface area contributed by atoms with Crippen molar-refractivity contribution in [1.82, 2.24) is 0 Å². The van der Waals surface area contributed by atoms with E-state index in [4.69, 9.17) is 5.11 Å². The molecule has 1 N–H and O–H groups in total. The Morgan fingerprint density at radius 2 is 2.20 bits per heavy atom. The molecule has 56 valence electrons. The van der Waals surface area contributed by atoms with Gasteiger partial charge < -0.3 is 9.66 Å². The monoisotopic (exact) mass is 158 g/mol. The molecule has 0 spiro atoms. The van der Waals surface area contributed by atoms with Crippen LogP contribution in [0.2, 0.25) is 0 Å². The van der Waals surface area contributed by atoms with Gasteiger partial charge in [-0.2, -0.15) is 0 Å². The van der Waals surface area contributed by atoms with Gasteiger partial charge in [-0.3, -0.25) is 0 Å². The van der Waals surface area contributed by atoms with Crippen molar-refractivity contribution < 1.29 is 14.5 Å². The number of rotatable bonds is 3. The van der Waals surface area contributed by atoms with Gasteiger partial charge >= 0.3 is 24.8 Å². The molecule has 0 aromatic rings. The van der Waals surface area contributed by atoms with E-state index < -0.39 is 22.4 Å². The third-order valence-corrected chi connectivity index (χ3v) is 2.38. The quantitative estimate of drug-likeness (QED) is 0.448. The van der Waals surface area contributed by atoms with E-state index >= 15 is 0 Å². The standard InChI is InChI=1S/C5H10O3S.Li.H/c1-3-4(5(6)7)9(2)8;;/h4H,3H2,1-2H3,(H,6,7);;. The molecule has 0 saturated heterocycles. The summed E-state index contributed by atoms with van der Waals surface area (Å²) >= 11 is -1.23. The molecule has 10 heavy (non-hydrogen) atoms. The van der Waals surface area contributed by atoms with E-state index in [0.717, 1.165) is 0 Å². The zero-order chi connectivity index (χ0) is 7.44. The van der Waals surface area contributed by atoms with Crippen molar-refractivity contribution >= 4 is 36.0 Å². The van der Waals surface area contributed by atoms with E-state index in [1.165, 1.54) is 6.26 Å². The summed E-state index contributed by atoms with van der Waals surface area (Å²) < 4.78 is 10.5. The molecular formula is C5H11LiO3S. The van der Waals surface area contributed by atoms with E-state index in [9.17, 15) is 9.35 Å².